The Morgan fingerprint density at radius 1 is 1.24 bits per heavy atom. The monoisotopic (exact) mass is 289 g/mol. The van der Waals surface area contributed by atoms with E-state index in [1.807, 2.05) is 25.1 Å². The number of nitrogens with one attached hydrogen (secondary N) is 1. The van der Waals surface area contributed by atoms with Gasteiger partial charge in [-0.15, -0.1) is 0 Å². The maximum absolute atomic E-state index is 12.0. The van der Waals surface area contributed by atoms with Crippen molar-refractivity contribution in [1.29, 1.82) is 0 Å². The van der Waals surface area contributed by atoms with E-state index in [1.54, 1.807) is 12.1 Å². The predicted molar refractivity (Wildman–Crippen MR) is 81.0 cm³/mol. The van der Waals surface area contributed by atoms with Gasteiger partial charge in [0.2, 0.25) is 5.91 Å². The molecular weight excluding hydrogens is 266 g/mol. The maximum atomic E-state index is 12.0. The quantitative estimate of drug-likeness (QED) is 0.791. The molecule has 2 rings (SSSR count). The van der Waals surface area contributed by atoms with Gasteiger partial charge in [-0.3, -0.25) is 9.59 Å². The molecule has 0 saturated heterocycles. The van der Waals surface area contributed by atoms with Gasteiger partial charge in [0.1, 0.15) is 0 Å². The van der Waals surface area contributed by atoms with Crippen LogP contribution in [0.1, 0.15) is 55.8 Å². The van der Waals surface area contributed by atoms with E-state index in [2.05, 4.69) is 5.32 Å². The summed E-state index contributed by atoms with van der Waals surface area (Å²) in [6, 6.07) is 8.84. The lowest BCUT2D eigenvalue weighted by Crippen LogP contribution is -2.39. The molecule has 1 amide bonds. The number of aliphatic hydroxyl groups is 1. The molecule has 1 aromatic carbocycles. The molecule has 0 bridgehead atoms. The third-order valence-corrected chi connectivity index (χ3v) is 4.02. The number of carbonyl (C=O) groups is 2. The molecular formula is C17H23NO3. The molecule has 1 saturated carbocycles. The van der Waals surface area contributed by atoms with Gasteiger partial charge < -0.3 is 10.4 Å². The standard InChI is InChI=1S/C17H23NO3/c1-13(11-15(19)14-7-3-2-4-8-14)18-16(20)12-17(21)9-5-6-10-17/h2-4,7-8,13,21H,5-6,9-12H2,1H3,(H,18,20). The predicted octanol–water partition coefficient (Wildman–Crippen LogP) is 2.46. The van der Waals surface area contributed by atoms with Crippen molar-refractivity contribution in [3.05, 3.63) is 35.9 Å². The summed E-state index contributed by atoms with van der Waals surface area (Å²) < 4.78 is 0. The van der Waals surface area contributed by atoms with Crippen LogP contribution in [-0.4, -0.2) is 28.4 Å². The van der Waals surface area contributed by atoms with Gasteiger partial charge in [-0.25, -0.2) is 0 Å². The van der Waals surface area contributed by atoms with Crippen LogP contribution in [0.4, 0.5) is 0 Å². The lowest BCUT2D eigenvalue weighted by atomic mass is 9.97. The summed E-state index contributed by atoms with van der Waals surface area (Å²) in [5.74, 6) is -0.157. The second kappa shape index (κ2) is 6.85. The third kappa shape index (κ3) is 4.67. The summed E-state index contributed by atoms with van der Waals surface area (Å²) >= 11 is 0. The fourth-order valence-corrected chi connectivity index (χ4v) is 2.91. The van der Waals surface area contributed by atoms with Gasteiger partial charge in [0.15, 0.2) is 5.78 Å². The van der Waals surface area contributed by atoms with Crippen LogP contribution in [0.15, 0.2) is 30.3 Å². The first-order valence-corrected chi connectivity index (χ1v) is 7.58. The van der Waals surface area contributed by atoms with E-state index in [0.717, 1.165) is 12.8 Å². The molecule has 1 aromatic rings. The largest absolute Gasteiger partial charge is 0.389 e. The summed E-state index contributed by atoms with van der Waals surface area (Å²) in [5, 5.41) is 13.0. The van der Waals surface area contributed by atoms with Crippen molar-refractivity contribution in [2.75, 3.05) is 0 Å². The Labute approximate surface area is 125 Å². The van der Waals surface area contributed by atoms with Crippen LogP contribution in [0.3, 0.4) is 0 Å². The number of carbonyl (C=O) groups excluding carboxylic acids is 2. The van der Waals surface area contributed by atoms with Crippen LogP contribution in [0.2, 0.25) is 0 Å². The Morgan fingerprint density at radius 3 is 2.48 bits per heavy atom. The Bertz CT molecular complexity index is 492. The molecule has 2 N–H and O–H groups in total. The van der Waals surface area contributed by atoms with Crippen molar-refractivity contribution in [2.45, 2.75) is 57.1 Å². The van der Waals surface area contributed by atoms with Gasteiger partial charge in [0.05, 0.1) is 12.0 Å². The average Bonchev–Trinajstić information content (AvgIpc) is 2.85. The molecule has 1 unspecified atom stereocenters. The van der Waals surface area contributed by atoms with Crippen molar-refractivity contribution in [2.24, 2.45) is 0 Å². The van der Waals surface area contributed by atoms with Gasteiger partial charge in [0, 0.05) is 18.0 Å². The smallest absolute Gasteiger partial charge is 0.223 e. The van der Waals surface area contributed by atoms with Crippen molar-refractivity contribution in [1.82, 2.24) is 5.32 Å². The molecule has 0 aromatic heterocycles. The van der Waals surface area contributed by atoms with E-state index in [-0.39, 0.29) is 30.6 Å². The summed E-state index contributed by atoms with van der Waals surface area (Å²) in [5.41, 5.74) is -0.180. The minimum Gasteiger partial charge on any atom is -0.389 e. The van der Waals surface area contributed by atoms with Crippen molar-refractivity contribution in [3.63, 3.8) is 0 Å². The number of benzene rings is 1. The number of ketones is 1. The zero-order valence-electron chi connectivity index (χ0n) is 12.5. The fraction of sp³-hybridized carbons (Fsp3) is 0.529. The highest BCUT2D eigenvalue weighted by Gasteiger charge is 2.33. The third-order valence-electron chi connectivity index (χ3n) is 4.02. The molecule has 0 spiro atoms. The van der Waals surface area contributed by atoms with E-state index in [4.69, 9.17) is 0 Å². The normalized spacial score (nSPS) is 18.2. The Hall–Kier alpha value is -1.68. The summed E-state index contributed by atoms with van der Waals surface area (Å²) in [6.45, 7) is 1.82. The molecule has 0 aliphatic heterocycles. The first-order valence-electron chi connectivity index (χ1n) is 7.58. The second-order valence-electron chi connectivity index (χ2n) is 6.07. The van der Waals surface area contributed by atoms with Gasteiger partial charge >= 0.3 is 0 Å². The van der Waals surface area contributed by atoms with Crippen LogP contribution >= 0.6 is 0 Å². The van der Waals surface area contributed by atoms with Crippen LogP contribution in [0.5, 0.6) is 0 Å². The zero-order chi connectivity index (χ0) is 15.3. The Morgan fingerprint density at radius 2 is 1.86 bits per heavy atom. The molecule has 1 aliphatic rings. The number of rotatable bonds is 6. The number of amides is 1. The molecule has 4 heteroatoms. The highest BCUT2D eigenvalue weighted by atomic mass is 16.3. The van der Waals surface area contributed by atoms with Crippen LogP contribution < -0.4 is 5.32 Å². The van der Waals surface area contributed by atoms with Crippen molar-refractivity contribution in [3.8, 4) is 0 Å². The molecule has 21 heavy (non-hydrogen) atoms. The number of hydrogen-bond donors (Lipinski definition) is 2. The molecule has 0 radical (unpaired) electrons. The topological polar surface area (TPSA) is 66.4 Å². The maximum Gasteiger partial charge on any atom is 0.223 e. The van der Waals surface area contributed by atoms with E-state index in [9.17, 15) is 14.7 Å². The van der Waals surface area contributed by atoms with Crippen LogP contribution in [0, 0.1) is 0 Å². The van der Waals surface area contributed by atoms with Crippen LogP contribution in [-0.2, 0) is 4.79 Å². The molecule has 0 heterocycles. The van der Waals surface area contributed by atoms with Gasteiger partial charge in [-0.05, 0) is 19.8 Å². The van der Waals surface area contributed by atoms with Gasteiger partial charge in [0.25, 0.3) is 0 Å². The lowest BCUT2D eigenvalue weighted by Gasteiger charge is -2.22. The summed E-state index contributed by atoms with van der Waals surface area (Å²) in [6.07, 6.45) is 3.75. The van der Waals surface area contributed by atoms with Crippen molar-refractivity contribution < 1.29 is 14.7 Å². The van der Waals surface area contributed by atoms with E-state index < -0.39 is 5.60 Å². The summed E-state index contributed by atoms with van der Waals surface area (Å²) in [4.78, 5) is 24.0. The first-order chi connectivity index (χ1) is 9.98. The molecule has 1 fully saturated rings. The van der Waals surface area contributed by atoms with Crippen molar-refractivity contribution >= 4 is 11.7 Å². The van der Waals surface area contributed by atoms with E-state index in [0.29, 0.717) is 18.4 Å². The Kier molecular flexibility index (Phi) is 5.12. The SMILES string of the molecule is CC(CC(=O)c1ccccc1)NC(=O)CC1(O)CCCC1. The number of Topliss-reactive ketones (excluding diaryl/α,β-unsaturated/α-hetero) is 1. The molecule has 114 valence electrons. The fourth-order valence-electron chi connectivity index (χ4n) is 2.91. The summed E-state index contributed by atoms with van der Waals surface area (Å²) in [7, 11) is 0. The second-order valence-corrected chi connectivity index (χ2v) is 6.07. The Balaban J connectivity index is 1.80. The highest BCUT2D eigenvalue weighted by Crippen LogP contribution is 2.32. The lowest BCUT2D eigenvalue weighted by molar-refractivity contribution is -0.126. The average molecular weight is 289 g/mol. The molecule has 1 atom stereocenters. The molecule has 4 nitrogen and oxygen atoms in total. The molecule has 1 aliphatic carbocycles. The minimum atomic E-state index is -0.840. The number of hydrogen-bond acceptors (Lipinski definition) is 3. The van der Waals surface area contributed by atoms with Gasteiger partial charge in [-0.1, -0.05) is 43.2 Å². The van der Waals surface area contributed by atoms with E-state index >= 15 is 0 Å². The van der Waals surface area contributed by atoms with Gasteiger partial charge in [-0.2, -0.15) is 0 Å². The minimum absolute atomic E-state index is 0.0166. The first kappa shape index (κ1) is 15.7. The zero-order valence-corrected chi connectivity index (χ0v) is 12.5. The van der Waals surface area contributed by atoms with Crippen LogP contribution in [0.25, 0.3) is 0 Å². The van der Waals surface area contributed by atoms with E-state index in [1.165, 1.54) is 0 Å². The highest BCUT2D eigenvalue weighted by molar-refractivity contribution is 5.96.